The fraction of sp³-hybridized carbons (Fsp3) is 0.429. The smallest absolute Gasteiger partial charge is 0.238 e. The molecule has 1 aromatic heterocycles. The normalized spacial score (nSPS) is 18.6. The highest BCUT2D eigenvalue weighted by molar-refractivity contribution is 7.99. The summed E-state index contributed by atoms with van der Waals surface area (Å²) < 4.78 is 5.44. The SMILES string of the molecule is Cc1nc2cc(CCNC(=O)C3CSCN3)ccc2o1. The molecule has 106 valence electrons. The second-order valence-electron chi connectivity index (χ2n) is 4.85. The summed E-state index contributed by atoms with van der Waals surface area (Å²) in [7, 11) is 0. The quantitative estimate of drug-likeness (QED) is 0.892. The zero-order chi connectivity index (χ0) is 13.9. The van der Waals surface area contributed by atoms with E-state index in [9.17, 15) is 4.79 Å². The number of benzene rings is 1. The van der Waals surface area contributed by atoms with E-state index in [1.807, 2.05) is 25.1 Å². The number of hydrogen-bond donors (Lipinski definition) is 2. The molecule has 1 atom stereocenters. The molecule has 2 N–H and O–H groups in total. The Morgan fingerprint density at radius 1 is 1.60 bits per heavy atom. The van der Waals surface area contributed by atoms with Crippen molar-refractivity contribution in [2.45, 2.75) is 19.4 Å². The van der Waals surface area contributed by atoms with Crippen molar-refractivity contribution >= 4 is 28.8 Å². The maximum Gasteiger partial charge on any atom is 0.238 e. The van der Waals surface area contributed by atoms with Gasteiger partial charge in [0.05, 0.1) is 6.04 Å². The Balaban J connectivity index is 1.55. The minimum absolute atomic E-state index is 0.0410. The Morgan fingerprint density at radius 3 is 3.30 bits per heavy atom. The van der Waals surface area contributed by atoms with Crippen molar-refractivity contribution in [2.75, 3.05) is 18.2 Å². The second-order valence-corrected chi connectivity index (χ2v) is 5.88. The first kappa shape index (κ1) is 13.5. The molecule has 1 fully saturated rings. The molecule has 0 radical (unpaired) electrons. The van der Waals surface area contributed by atoms with Crippen LogP contribution in [0.15, 0.2) is 22.6 Å². The first-order valence-electron chi connectivity index (χ1n) is 6.67. The highest BCUT2D eigenvalue weighted by Crippen LogP contribution is 2.17. The standard InChI is InChI=1S/C14H17N3O2S/c1-9-17-11-6-10(2-3-13(11)19-9)4-5-15-14(18)12-7-20-8-16-12/h2-3,6,12,16H,4-5,7-8H2,1H3,(H,15,18). The highest BCUT2D eigenvalue weighted by atomic mass is 32.2. The topological polar surface area (TPSA) is 67.2 Å². The third-order valence-corrected chi connectivity index (χ3v) is 4.24. The van der Waals surface area contributed by atoms with Gasteiger partial charge in [0, 0.05) is 25.1 Å². The van der Waals surface area contributed by atoms with E-state index in [4.69, 9.17) is 4.42 Å². The van der Waals surface area contributed by atoms with Gasteiger partial charge in [-0.05, 0) is 24.1 Å². The van der Waals surface area contributed by atoms with Gasteiger partial charge in [0.15, 0.2) is 11.5 Å². The molecule has 0 bridgehead atoms. The van der Waals surface area contributed by atoms with Crippen LogP contribution >= 0.6 is 11.8 Å². The molecule has 0 saturated carbocycles. The van der Waals surface area contributed by atoms with Gasteiger partial charge in [-0.25, -0.2) is 4.98 Å². The lowest BCUT2D eigenvalue weighted by Crippen LogP contribution is -2.42. The Labute approximate surface area is 121 Å². The third kappa shape index (κ3) is 2.96. The number of thioether (sulfide) groups is 1. The lowest BCUT2D eigenvalue weighted by molar-refractivity contribution is -0.122. The first-order valence-corrected chi connectivity index (χ1v) is 7.83. The summed E-state index contributed by atoms with van der Waals surface area (Å²) >= 11 is 1.75. The monoisotopic (exact) mass is 291 g/mol. The Hall–Kier alpha value is -1.53. The summed E-state index contributed by atoms with van der Waals surface area (Å²) in [6.45, 7) is 2.48. The van der Waals surface area contributed by atoms with E-state index in [1.54, 1.807) is 11.8 Å². The van der Waals surface area contributed by atoms with Crippen molar-refractivity contribution in [3.63, 3.8) is 0 Å². The van der Waals surface area contributed by atoms with E-state index in [2.05, 4.69) is 15.6 Å². The fourth-order valence-corrected chi connectivity index (χ4v) is 3.20. The van der Waals surface area contributed by atoms with Crippen molar-refractivity contribution in [1.82, 2.24) is 15.6 Å². The number of carbonyl (C=O) groups excluding carboxylic acids is 1. The number of rotatable bonds is 4. The molecule has 1 saturated heterocycles. The first-order chi connectivity index (χ1) is 9.72. The number of oxazole rings is 1. The van der Waals surface area contributed by atoms with Gasteiger partial charge in [0.1, 0.15) is 5.52 Å². The van der Waals surface area contributed by atoms with Crippen molar-refractivity contribution in [1.29, 1.82) is 0 Å². The fourth-order valence-electron chi connectivity index (χ4n) is 2.26. The maximum absolute atomic E-state index is 11.8. The van der Waals surface area contributed by atoms with Crippen molar-refractivity contribution < 1.29 is 9.21 Å². The average Bonchev–Trinajstić information content (AvgIpc) is 3.05. The molecule has 3 rings (SSSR count). The van der Waals surface area contributed by atoms with E-state index in [0.717, 1.165) is 34.7 Å². The van der Waals surface area contributed by atoms with Crippen LogP contribution in [0.3, 0.4) is 0 Å². The summed E-state index contributed by atoms with van der Waals surface area (Å²) in [5.41, 5.74) is 2.84. The van der Waals surface area contributed by atoms with E-state index in [1.165, 1.54) is 0 Å². The number of aromatic nitrogens is 1. The number of amides is 1. The minimum Gasteiger partial charge on any atom is -0.441 e. The number of nitrogens with one attached hydrogen (secondary N) is 2. The zero-order valence-corrected chi connectivity index (χ0v) is 12.1. The van der Waals surface area contributed by atoms with Crippen molar-refractivity contribution in [3.05, 3.63) is 29.7 Å². The van der Waals surface area contributed by atoms with Crippen molar-refractivity contribution in [3.8, 4) is 0 Å². The maximum atomic E-state index is 11.8. The van der Waals surface area contributed by atoms with Crippen molar-refractivity contribution in [2.24, 2.45) is 0 Å². The summed E-state index contributed by atoms with van der Waals surface area (Å²) in [4.78, 5) is 16.2. The molecule has 2 aromatic rings. The van der Waals surface area contributed by atoms with Crippen LogP contribution in [0.2, 0.25) is 0 Å². The van der Waals surface area contributed by atoms with E-state index in [-0.39, 0.29) is 11.9 Å². The van der Waals surface area contributed by atoms with Gasteiger partial charge in [-0.1, -0.05) is 6.07 Å². The lowest BCUT2D eigenvalue weighted by atomic mass is 10.1. The molecule has 6 heteroatoms. The molecule has 5 nitrogen and oxygen atoms in total. The number of carbonyl (C=O) groups is 1. The molecule has 1 aromatic carbocycles. The molecular formula is C14H17N3O2S. The minimum atomic E-state index is -0.0410. The number of hydrogen-bond acceptors (Lipinski definition) is 5. The summed E-state index contributed by atoms with van der Waals surface area (Å²) in [6.07, 6.45) is 0.799. The molecule has 1 amide bonds. The molecule has 0 spiro atoms. The zero-order valence-electron chi connectivity index (χ0n) is 11.3. The lowest BCUT2D eigenvalue weighted by Gasteiger charge is -2.10. The Bertz CT molecular complexity index is 620. The van der Waals surface area contributed by atoms with Gasteiger partial charge >= 0.3 is 0 Å². The van der Waals surface area contributed by atoms with Crippen LogP contribution in [0.25, 0.3) is 11.1 Å². The predicted octanol–water partition coefficient (Wildman–Crippen LogP) is 1.46. The van der Waals surface area contributed by atoms with Gasteiger partial charge in [0.25, 0.3) is 0 Å². The molecular weight excluding hydrogens is 274 g/mol. The van der Waals surface area contributed by atoms with Crippen LogP contribution in [0.5, 0.6) is 0 Å². The summed E-state index contributed by atoms with van der Waals surface area (Å²) in [6, 6.07) is 5.92. The van der Waals surface area contributed by atoms with Crippen LogP contribution in [0.4, 0.5) is 0 Å². The molecule has 2 heterocycles. The average molecular weight is 291 g/mol. The highest BCUT2D eigenvalue weighted by Gasteiger charge is 2.21. The van der Waals surface area contributed by atoms with Gasteiger partial charge in [-0.15, -0.1) is 11.8 Å². The number of nitrogens with zero attached hydrogens (tertiary/aromatic N) is 1. The van der Waals surface area contributed by atoms with E-state index < -0.39 is 0 Å². The van der Waals surface area contributed by atoms with E-state index in [0.29, 0.717) is 12.4 Å². The molecule has 1 aliphatic rings. The van der Waals surface area contributed by atoms with E-state index >= 15 is 0 Å². The largest absolute Gasteiger partial charge is 0.441 e. The van der Waals surface area contributed by atoms with Crippen LogP contribution < -0.4 is 10.6 Å². The van der Waals surface area contributed by atoms with Gasteiger partial charge in [-0.2, -0.15) is 0 Å². The summed E-state index contributed by atoms with van der Waals surface area (Å²) in [5.74, 6) is 2.49. The van der Waals surface area contributed by atoms with Gasteiger partial charge in [-0.3, -0.25) is 10.1 Å². The van der Waals surface area contributed by atoms with Crippen LogP contribution in [-0.4, -0.2) is 35.1 Å². The van der Waals surface area contributed by atoms with Crippen LogP contribution in [0, 0.1) is 6.92 Å². The van der Waals surface area contributed by atoms with Gasteiger partial charge < -0.3 is 9.73 Å². The second kappa shape index (κ2) is 5.85. The molecule has 20 heavy (non-hydrogen) atoms. The molecule has 1 unspecified atom stereocenters. The van der Waals surface area contributed by atoms with Crippen LogP contribution in [-0.2, 0) is 11.2 Å². The molecule has 0 aliphatic carbocycles. The Kier molecular flexibility index (Phi) is 3.93. The number of aryl methyl sites for hydroxylation is 1. The third-order valence-electron chi connectivity index (χ3n) is 3.30. The summed E-state index contributed by atoms with van der Waals surface area (Å²) in [5, 5.41) is 6.13. The Morgan fingerprint density at radius 2 is 2.50 bits per heavy atom. The van der Waals surface area contributed by atoms with Crippen LogP contribution in [0.1, 0.15) is 11.5 Å². The van der Waals surface area contributed by atoms with Gasteiger partial charge in [0.2, 0.25) is 5.91 Å². The number of fused-ring (bicyclic) bond motifs is 1. The predicted molar refractivity (Wildman–Crippen MR) is 79.7 cm³/mol. The molecule has 1 aliphatic heterocycles.